The van der Waals surface area contributed by atoms with Crippen molar-refractivity contribution in [2.75, 3.05) is 13.7 Å². The Morgan fingerprint density at radius 2 is 2.31 bits per heavy atom. The highest BCUT2D eigenvalue weighted by Crippen LogP contribution is 2.18. The standard InChI is InChI=1S/C8H14O5/c1-5(9)13-7-6(11-2)3-4-12-8(7)10/h6-8,10H,3-4H2,1-2H3/t6-,7+,8?/m0/s1. The highest BCUT2D eigenvalue weighted by atomic mass is 16.7. The van der Waals surface area contributed by atoms with Gasteiger partial charge in [-0.1, -0.05) is 0 Å². The minimum atomic E-state index is -1.08. The van der Waals surface area contributed by atoms with E-state index in [1.807, 2.05) is 0 Å². The fourth-order valence-electron chi connectivity index (χ4n) is 1.33. The Morgan fingerprint density at radius 1 is 1.62 bits per heavy atom. The van der Waals surface area contributed by atoms with Gasteiger partial charge in [-0.05, 0) is 0 Å². The summed E-state index contributed by atoms with van der Waals surface area (Å²) in [6.07, 6.45) is -1.46. The molecule has 1 aliphatic heterocycles. The number of methoxy groups -OCH3 is 1. The van der Waals surface area contributed by atoms with Gasteiger partial charge in [-0.25, -0.2) is 0 Å². The van der Waals surface area contributed by atoms with Gasteiger partial charge in [-0.2, -0.15) is 0 Å². The Kier molecular flexibility index (Phi) is 3.65. The number of aliphatic hydroxyl groups is 1. The molecule has 1 aliphatic rings. The van der Waals surface area contributed by atoms with Gasteiger partial charge in [0.2, 0.25) is 0 Å². The second-order valence-corrected chi connectivity index (χ2v) is 2.90. The Balaban J connectivity index is 2.56. The van der Waals surface area contributed by atoms with Crippen molar-refractivity contribution in [3.05, 3.63) is 0 Å². The van der Waals surface area contributed by atoms with Crippen LogP contribution in [0.2, 0.25) is 0 Å². The van der Waals surface area contributed by atoms with Crippen LogP contribution in [0.3, 0.4) is 0 Å². The average molecular weight is 190 g/mol. The van der Waals surface area contributed by atoms with E-state index in [4.69, 9.17) is 14.2 Å². The molecule has 1 fully saturated rings. The lowest BCUT2D eigenvalue weighted by atomic mass is 10.1. The molecule has 5 nitrogen and oxygen atoms in total. The quantitative estimate of drug-likeness (QED) is 0.604. The van der Waals surface area contributed by atoms with Crippen molar-refractivity contribution in [2.45, 2.75) is 31.8 Å². The molecule has 0 aromatic heterocycles. The number of esters is 1. The largest absolute Gasteiger partial charge is 0.454 e. The van der Waals surface area contributed by atoms with E-state index in [9.17, 15) is 9.90 Å². The second kappa shape index (κ2) is 4.55. The van der Waals surface area contributed by atoms with Crippen molar-refractivity contribution in [3.8, 4) is 0 Å². The highest BCUT2D eigenvalue weighted by molar-refractivity contribution is 5.66. The maximum Gasteiger partial charge on any atom is 0.303 e. The topological polar surface area (TPSA) is 65.0 Å². The maximum atomic E-state index is 10.7. The molecule has 0 aromatic rings. The molecule has 3 atom stereocenters. The van der Waals surface area contributed by atoms with Crippen LogP contribution in [0.5, 0.6) is 0 Å². The van der Waals surface area contributed by atoms with Crippen molar-refractivity contribution >= 4 is 5.97 Å². The van der Waals surface area contributed by atoms with Gasteiger partial charge in [0, 0.05) is 20.5 Å². The van der Waals surface area contributed by atoms with Gasteiger partial charge < -0.3 is 19.3 Å². The molecule has 5 heteroatoms. The van der Waals surface area contributed by atoms with Crippen LogP contribution in [0.1, 0.15) is 13.3 Å². The van der Waals surface area contributed by atoms with Gasteiger partial charge in [-0.3, -0.25) is 4.79 Å². The summed E-state index contributed by atoms with van der Waals surface area (Å²) in [5, 5.41) is 9.34. The lowest BCUT2D eigenvalue weighted by Crippen LogP contribution is -2.47. The van der Waals surface area contributed by atoms with E-state index >= 15 is 0 Å². The fraction of sp³-hybridized carbons (Fsp3) is 0.875. The van der Waals surface area contributed by atoms with Crippen molar-refractivity contribution in [2.24, 2.45) is 0 Å². The van der Waals surface area contributed by atoms with Crippen molar-refractivity contribution in [3.63, 3.8) is 0 Å². The van der Waals surface area contributed by atoms with E-state index in [1.54, 1.807) is 0 Å². The Hall–Kier alpha value is -0.650. The van der Waals surface area contributed by atoms with Crippen LogP contribution in [0.25, 0.3) is 0 Å². The van der Waals surface area contributed by atoms with Crippen LogP contribution in [0, 0.1) is 0 Å². The van der Waals surface area contributed by atoms with E-state index in [0.717, 1.165) is 0 Å². The molecule has 1 unspecified atom stereocenters. The molecule has 1 heterocycles. The summed E-state index contributed by atoms with van der Waals surface area (Å²) >= 11 is 0. The van der Waals surface area contributed by atoms with Crippen molar-refractivity contribution in [1.82, 2.24) is 0 Å². The molecule has 1 saturated heterocycles. The summed E-state index contributed by atoms with van der Waals surface area (Å²) in [5.74, 6) is -0.448. The highest BCUT2D eigenvalue weighted by Gasteiger charge is 2.35. The summed E-state index contributed by atoms with van der Waals surface area (Å²) in [4.78, 5) is 10.7. The monoisotopic (exact) mass is 190 g/mol. The SMILES string of the molecule is CO[C@H]1CCOC(O)[C@@H]1OC(C)=O. The first-order valence-electron chi connectivity index (χ1n) is 4.15. The predicted molar refractivity (Wildman–Crippen MR) is 42.9 cm³/mol. The van der Waals surface area contributed by atoms with Crippen LogP contribution in [0.4, 0.5) is 0 Å². The Labute approximate surface area is 76.6 Å². The fourth-order valence-corrected chi connectivity index (χ4v) is 1.33. The first kappa shape index (κ1) is 10.4. The van der Waals surface area contributed by atoms with Crippen LogP contribution < -0.4 is 0 Å². The molecule has 76 valence electrons. The first-order valence-corrected chi connectivity index (χ1v) is 4.15. The first-order chi connectivity index (χ1) is 6.15. The summed E-state index contributed by atoms with van der Waals surface area (Å²) in [5.41, 5.74) is 0. The summed E-state index contributed by atoms with van der Waals surface area (Å²) in [7, 11) is 1.51. The zero-order valence-corrected chi connectivity index (χ0v) is 7.73. The molecular formula is C8H14O5. The third kappa shape index (κ3) is 2.65. The van der Waals surface area contributed by atoms with Gasteiger partial charge in [-0.15, -0.1) is 0 Å². The molecule has 1 N–H and O–H groups in total. The number of rotatable bonds is 2. The number of carbonyl (C=O) groups is 1. The van der Waals surface area contributed by atoms with Crippen LogP contribution >= 0.6 is 0 Å². The molecule has 0 bridgehead atoms. The van der Waals surface area contributed by atoms with Crippen molar-refractivity contribution < 1.29 is 24.1 Å². The predicted octanol–water partition coefficient (Wildman–Crippen LogP) is -0.328. The molecule has 0 spiro atoms. The third-order valence-corrected chi connectivity index (χ3v) is 1.94. The zero-order valence-electron chi connectivity index (χ0n) is 7.73. The molecule has 1 rings (SSSR count). The summed E-state index contributed by atoms with van der Waals surface area (Å²) in [6, 6.07) is 0. The van der Waals surface area contributed by atoms with Crippen LogP contribution in [-0.4, -0.2) is 43.3 Å². The Bertz CT molecular complexity index is 181. The minimum Gasteiger partial charge on any atom is -0.454 e. The lowest BCUT2D eigenvalue weighted by Gasteiger charge is -2.33. The Morgan fingerprint density at radius 3 is 2.85 bits per heavy atom. The molecule has 0 aromatic carbocycles. The summed E-state index contributed by atoms with van der Waals surface area (Å²) in [6.45, 7) is 1.70. The van der Waals surface area contributed by atoms with E-state index in [2.05, 4.69) is 0 Å². The van der Waals surface area contributed by atoms with Gasteiger partial charge in [0.25, 0.3) is 0 Å². The lowest BCUT2D eigenvalue weighted by molar-refractivity contribution is -0.236. The molecule has 13 heavy (non-hydrogen) atoms. The van der Waals surface area contributed by atoms with Crippen LogP contribution in [-0.2, 0) is 19.0 Å². The number of aliphatic hydroxyl groups excluding tert-OH is 1. The molecule has 0 amide bonds. The van der Waals surface area contributed by atoms with E-state index in [1.165, 1.54) is 14.0 Å². The molecule has 0 saturated carbocycles. The van der Waals surface area contributed by atoms with Crippen LogP contribution in [0.15, 0.2) is 0 Å². The average Bonchev–Trinajstić information content (AvgIpc) is 2.08. The van der Waals surface area contributed by atoms with E-state index in [0.29, 0.717) is 13.0 Å². The normalized spacial score (nSPS) is 34.2. The van der Waals surface area contributed by atoms with Crippen molar-refractivity contribution in [1.29, 1.82) is 0 Å². The number of carbonyl (C=O) groups excluding carboxylic acids is 1. The minimum absolute atomic E-state index is 0.285. The molecular weight excluding hydrogens is 176 g/mol. The van der Waals surface area contributed by atoms with E-state index in [-0.39, 0.29) is 6.10 Å². The maximum absolute atomic E-state index is 10.7. The van der Waals surface area contributed by atoms with Gasteiger partial charge in [0.1, 0.15) is 6.10 Å². The molecule has 0 radical (unpaired) electrons. The summed E-state index contributed by atoms with van der Waals surface area (Å²) < 4.78 is 14.8. The molecule has 0 aliphatic carbocycles. The van der Waals surface area contributed by atoms with Gasteiger partial charge >= 0.3 is 5.97 Å². The second-order valence-electron chi connectivity index (χ2n) is 2.90. The zero-order chi connectivity index (χ0) is 9.84. The van der Waals surface area contributed by atoms with E-state index < -0.39 is 18.4 Å². The number of ether oxygens (including phenoxy) is 3. The smallest absolute Gasteiger partial charge is 0.303 e. The third-order valence-electron chi connectivity index (χ3n) is 1.94. The van der Waals surface area contributed by atoms with Gasteiger partial charge in [0.05, 0.1) is 6.61 Å². The number of hydrogen-bond acceptors (Lipinski definition) is 5. The van der Waals surface area contributed by atoms with Gasteiger partial charge in [0.15, 0.2) is 12.4 Å². The number of hydrogen-bond donors (Lipinski definition) is 1.